The van der Waals surface area contributed by atoms with E-state index in [1.165, 1.54) is 0 Å². The molecule has 20 heavy (non-hydrogen) atoms. The molecule has 0 aromatic carbocycles. The van der Waals surface area contributed by atoms with Crippen LogP contribution in [0.4, 0.5) is 0 Å². The van der Waals surface area contributed by atoms with E-state index in [2.05, 4.69) is 0 Å². The topological polar surface area (TPSA) is 0 Å². The third-order valence-electron chi connectivity index (χ3n) is 0. The summed E-state index contributed by atoms with van der Waals surface area (Å²) in [6, 6.07) is 0. The van der Waals surface area contributed by atoms with E-state index in [9.17, 15) is 0 Å². The Labute approximate surface area is 363 Å². The van der Waals surface area contributed by atoms with Crippen molar-refractivity contribution in [1.82, 2.24) is 0 Å². The van der Waals surface area contributed by atoms with E-state index in [1.807, 2.05) is 0 Å². The molecule has 0 N–H and O–H groups in total. The molecule has 0 aliphatic heterocycles. The Balaban J connectivity index is 0. The fraction of sp³-hybridized carbons (Fsp3) is 0. The van der Waals surface area contributed by atoms with E-state index in [-0.39, 0.29) is 372 Å². The number of rotatable bonds is 0. The fourth-order valence-corrected chi connectivity index (χ4v) is 0. The van der Waals surface area contributed by atoms with Gasteiger partial charge in [-0.25, -0.2) is 0 Å². The quantitative estimate of drug-likeness (QED) is 0.354. The zero-order valence-corrected chi connectivity index (χ0v) is 26.4. The van der Waals surface area contributed by atoms with Crippen LogP contribution in [0.2, 0.25) is 0 Å². The first-order chi connectivity index (χ1) is 0. The summed E-state index contributed by atoms with van der Waals surface area (Å²) < 4.78 is 0. The number of hydrogen-bond acceptors (Lipinski definition) is 0. The zero-order valence-electron chi connectivity index (χ0n) is 18.0. The van der Waals surface area contributed by atoms with Crippen LogP contribution in [-0.4, -0.2) is 221 Å². The van der Waals surface area contributed by atoms with Crippen molar-refractivity contribution < 1.29 is 151 Å². The second-order valence-electron chi connectivity index (χ2n) is 0. The van der Waals surface area contributed by atoms with Crippen LogP contribution in [0, 0.1) is 0 Å². The van der Waals surface area contributed by atoms with Crippen molar-refractivity contribution in [2.75, 3.05) is 0 Å². The molecule has 24 valence electrons. The van der Waals surface area contributed by atoms with Gasteiger partial charge in [0.05, 0.1) is 0 Å². The van der Waals surface area contributed by atoms with Gasteiger partial charge in [-0.15, -0.1) is 0 Å². The van der Waals surface area contributed by atoms with Crippen molar-refractivity contribution in [2.24, 2.45) is 0 Å². The molecule has 0 nitrogen and oxygen atoms in total. The SMILES string of the molecule is [Ge].[Ge].[Ge].[Ge].[Li+].[Li+].[Li+].[Li+].[Li+].[Li+].[Li+].[Li+].[Li].[Li].[Li].[Li].[Li].[Li].[Li].[Li]. The van der Waals surface area contributed by atoms with E-state index in [0.29, 0.717) is 0 Å². The maximum atomic E-state index is 0. The Morgan fingerprint density at radius 3 is 0.150 bits per heavy atom. The molecule has 24 radical (unpaired) electrons. The molecule has 0 spiro atoms. The molecular weight excluding hydrogens is 401 g/mol. The van der Waals surface area contributed by atoms with Gasteiger partial charge in [0.15, 0.2) is 0 Å². The average molecular weight is 401 g/mol. The molecule has 0 heterocycles. The molecule has 0 fully saturated rings. The molecule has 0 saturated carbocycles. The average Bonchev–Trinajstić information content (AvgIpc) is 0. The smallest absolute Gasteiger partial charge is 0 e. The Bertz CT molecular complexity index is 14.4. The monoisotopic (exact) mass is 408 g/mol. The Morgan fingerprint density at radius 1 is 0.150 bits per heavy atom. The van der Waals surface area contributed by atoms with Crippen molar-refractivity contribution in [3.05, 3.63) is 0 Å². The minimum absolute atomic E-state index is 0. The van der Waals surface area contributed by atoms with Gasteiger partial charge in [-0.3, -0.25) is 0 Å². The van der Waals surface area contributed by atoms with Crippen molar-refractivity contribution >= 4 is 221 Å². The summed E-state index contributed by atoms with van der Waals surface area (Å²) >= 11 is 0. The third kappa shape index (κ3) is 178. The van der Waals surface area contributed by atoms with Gasteiger partial charge in [0.25, 0.3) is 0 Å². The van der Waals surface area contributed by atoms with Gasteiger partial charge in [0.1, 0.15) is 0 Å². The van der Waals surface area contributed by atoms with Crippen LogP contribution >= 0.6 is 0 Å². The Morgan fingerprint density at radius 2 is 0.150 bits per heavy atom. The fourth-order valence-electron chi connectivity index (χ4n) is 0. The molecule has 0 unspecified atom stereocenters. The molecule has 0 amide bonds. The van der Waals surface area contributed by atoms with Crippen molar-refractivity contribution in [3.8, 4) is 0 Å². The van der Waals surface area contributed by atoms with Gasteiger partial charge in [-0.2, -0.15) is 0 Å². The van der Waals surface area contributed by atoms with Crippen molar-refractivity contribution in [3.63, 3.8) is 0 Å². The van der Waals surface area contributed by atoms with Crippen LogP contribution in [0.1, 0.15) is 0 Å². The van der Waals surface area contributed by atoms with Crippen LogP contribution in [-0.2, 0) is 0 Å². The van der Waals surface area contributed by atoms with Gasteiger partial charge in [-0.1, -0.05) is 0 Å². The van der Waals surface area contributed by atoms with Gasteiger partial charge >= 0.3 is 151 Å². The normalized spacial score (nSPS) is 0. The summed E-state index contributed by atoms with van der Waals surface area (Å²) in [7, 11) is 0. The minimum atomic E-state index is 0. The van der Waals surface area contributed by atoms with Crippen LogP contribution < -0.4 is 151 Å². The second kappa shape index (κ2) is 197. The predicted octanol–water partition coefficient (Wildman–Crippen LogP) is -28.5. The van der Waals surface area contributed by atoms with Gasteiger partial charge in [-0.05, 0) is 0 Å². The van der Waals surface area contributed by atoms with Crippen LogP contribution in [0.5, 0.6) is 0 Å². The molecular formula is Ge4Li16+8. The minimum Gasteiger partial charge on any atom is 0 e. The van der Waals surface area contributed by atoms with Crippen LogP contribution in [0.25, 0.3) is 0 Å². The van der Waals surface area contributed by atoms with E-state index < -0.39 is 0 Å². The summed E-state index contributed by atoms with van der Waals surface area (Å²) in [5.41, 5.74) is 0. The molecule has 0 aromatic heterocycles. The molecule has 0 atom stereocenters. The van der Waals surface area contributed by atoms with Crippen molar-refractivity contribution in [2.45, 2.75) is 0 Å². The largest absolute Gasteiger partial charge is 1.00 e. The van der Waals surface area contributed by atoms with Gasteiger partial charge in [0.2, 0.25) is 0 Å². The summed E-state index contributed by atoms with van der Waals surface area (Å²) in [6.45, 7) is 0. The first kappa shape index (κ1) is 218. The summed E-state index contributed by atoms with van der Waals surface area (Å²) in [4.78, 5) is 0. The maximum absolute atomic E-state index is 0. The molecule has 0 rings (SSSR count). The molecule has 0 bridgehead atoms. The molecule has 20 heteroatoms. The van der Waals surface area contributed by atoms with Gasteiger partial charge in [0, 0.05) is 221 Å². The van der Waals surface area contributed by atoms with Crippen LogP contribution in [0.15, 0.2) is 0 Å². The Kier molecular flexibility index (Phi) is 2150. The summed E-state index contributed by atoms with van der Waals surface area (Å²) in [5.74, 6) is 0. The Hall–Kier alpha value is 11.7. The maximum Gasteiger partial charge on any atom is 1.00 e. The summed E-state index contributed by atoms with van der Waals surface area (Å²) in [5, 5.41) is 0. The summed E-state index contributed by atoms with van der Waals surface area (Å²) in [6.07, 6.45) is 0. The third-order valence-corrected chi connectivity index (χ3v) is 0. The number of hydrogen-bond donors (Lipinski definition) is 0. The van der Waals surface area contributed by atoms with Crippen molar-refractivity contribution in [1.29, 1.82) is 0 Å². The second-order valence-corrected chi connectivity index (χ2v) is 0. The van der Waals surface area contributed by atoms with E-state index in [0.717, 1.165) is 0 Å². The molecule has 0 aliphatic rings. The van der Waals surface area contributed by atoms with Crippen LogP contribution in [0.3, 0.4) is 0 Å². The first-order valence-electron chi connectivity index (χ1n) is 0. The molecule has 0 aromatic rings. The van der Waals surface area contributed by atoms with E-state index in [1.54, 1.807) is 0 Å². The zero-order chi connectivity index (χ0) is 0. The van der Waals surface area contributed by atoms with Gasteiger partial charge < -0.3 is 0 Å². The van der Waals surface area contributed by atoms with E-state index in [4.69, 9.17) is 0 Å². The van der Waals surface area contributed by atoms with E-state index >= 15 is 0 Å². The standard InChI is InChI=1S/4Ge.16Li/q;;;;;;;;;;;;8*+1. The predicted molar refractivity (Wildman–Crippen MR) is 69.0 cm³/mol. The molecule has 0 saturated heterocycles. The first-order valence-corrected chi connectivity index (χ1v) is 0. The molecule has 0 aliphatic carbocycles.